The summed E-state index contributed by atoms with van der Waals surface area (Å²) in [4.78, 5) is 0. The van der Waals surface area contributed by atoms with E-state index in [9.17, 15) is 0 Å². The van der Waals surface area contributed by atoms with E-state index in [0.29, 0.717) is 17.3 Å². The molecule has 0 unspecified atom stereocenters. The van der Waals surface area contributed by atoms with Gasteiger partial charge in [0.1, 0.15) is 5.76 Å². The SMILES string of the molecule is COC1(Cc2onc(N)c2-c2ccc(Cl)cc2)CCC1. The topological polar surface area (TPSA) is 61.3 Å². The van der Waals surface area contributed by atoms with Crippen molar-refractivity contribution >= 4 is 17.4 Å². The molecule has 1 aliphatic carbocycles. The number of hydrogen-bond acceptors (Lipinski definition) is 4. The Bertz CT molecular complexity index is 597. The lowest BCUT2D eigenvalue weighted by molar-refractivity contribution is -0.0742. The van der Waals surface area contributed by atoms with Gasteiger partial charge in [0.15, 0.2) is 5.82 Å². The van der Waals surface area contributed by atoms with Crippen LogP contribution >= 0.6 is 11.6 Å². The summed E-state index contributed by atoms with van der Waals surface area (Å²) in [5, 5.41) is 4.60. The van der Waals surface area contributed by atoms with Crippen molar-refractivity contribution in [2.75, 3.05) is 12.8 Å². The van der Waals surface area contributed by atoms with Gasteiger partial charge in [-0.15, -0.1) is 0 Å². The quantitative estimate of drug-likeness (QED) is 0.933. The molecule has 0 aliphatic heterocycles. The highest BCUT2D eigenvalue weighted by Crippen LogP contribution is 2.41. The van der Waals surface area contributed by atoms with Crippen LogP contribution in [0.2, 0.25) is 5.02 Å². The number of anilines is 1. The molecule has 0 saturated heterocycles. The van der Waals surface area contributed by atoms with Gasteiger partial charge in [-0.2, -0.15) is 0 Å². The first kappa shape index (κ1) is 13.5. The monoisotopic (exact) mass is 292 g/mol. The molecule has 1 fully saturated rings. The second-order valence-electron chi connectivity index (χ2n) is 5.29. The third kappa shape index (κ3) is 2.30. The van der Waals surface area contributed by atoms with Gasteiger partial charge in [0.05, 0.1) is 11.2 Å². The Morgan fingerprint density at radius 3 is 2.60 bits per heavy atom. The summed E-state index contributed by atoms with van der Waals surface area (Å²) in [6.45, 7) is 0. The molecule has 4 nitrogen and oxygen atoms in total. The predicted molar refractivity (Wildman–Crippen MR) is 78.7 cm³/mol. The molecule has 106 valence electrons. The number of halogens is 1. The van der Waals surface area contributed by atoms with Crippen molar-refractivity contribution in [1.29, 1.82) is 0 Å². The third-order valence-corrected chi connectivity index (χ3v) is 4.35. The molecule has 1 heterocycles. The van der Waals surface area contributed by atoms with Gasteiger partial charge in [-0.3, -0.25) is 0 Å². The van der Waals surface area contributed by atoms with Crippen LogP contribution in [-0.2, 0) is 11.2 Å². The highest BCUT2D eigenvalue weighted by atomic mass is 35.5. The molecule has 0 spiro atoms. The first-order valence-electron chi connectivity index (χ1n) is 6.69. The van der Waals surface area contributed by atoms with Crippen molar-refractivity contribution in [3.8, 4) is 11.1 Å². The second-order valence-corrected chi connectivity index (χ2v) is 5.73. The minimum Gasteiger partial charge on any atom is -0.380 e. The van der Waals surface area contributed by atoms with Gasteiger partial charge < -0.3 is 15.0 Å². The van der Waals surface area contributed by atoms with Crippen LogP contribution in [0.4, 0.5) is 5.82 Å². The van der Waals surface area contributed by atoms with E-state index in [1.54, 1.807) is 7.11 Å². The summed E-state index contributed by atoms with van der Waals surface area (Å²) in [5.74, 6) is 1.19. The fourth-order valence-corrected chi connectivity index (χ4v) is 2.83. The molecule has 1 aliphatic rings. The Morgan fingerprint density at radius 1 is 1.35 bits per heavy atom. The average Bonchev–Trinajstić information content (AvgIpc) is 2.76. The molecule has 20 heavy (non-hydrogen) atoms. The molecule has 5 heteroatoms. The lowest BCUT2D eigenvalue weighted by Gasteiger charge is -2.39. The second kappa shape index (κ2) is 5.11. The fourth-order valence-electron chi connectivity index (χ4n) is 2.70. The Morgan fingerprint density at radius 2 is 2.05 bits per heavy atom. The maximum absolute atomic E-state index is 5.95. The minimum absolute atomic E-state index is 0.118. The smallest absolute Gasteiger partial charge is 0.175 e. The van der Waals surface area contributed by atoms with Crippen LogP contribution < -0.4 is 5.73 Å². The number of nitrogens with two attached hydrogens (primary N) is 1. The van der Waals surface area contributed by atoms with Gasteiger partial charge in [0.2, 0.25) is 0 Å². The minimum atomic E-state index is -0.118. The van der Waals surface area contributed by atoms with E-state index in [1.165, 1.54) is 6.42 Å². The number of benzene rings is 1. The van der Waals surface area contributed by atoms with Crippen LogP contribution in [0.25, 0.3) is 11.1 Å². The molecule has 1 saturated carbocycles. The van der Waals surface area contributed by atoms with E-state index in [0.717, 1.165) is 29.7 Å². The van der Waals surface area contributed by atoms with Crippen LogP contribution in [0, 0.1) is 0 Å². The lowest BCUT2D eigenvalue weighted by Crippen LogP contribution is -2.41. The summed E-state index contributed by atoms with van der Waals surface area (Å²) in [5.41, 5.74) is 7.65. The molecular formula is C15H17ClN2O2. The zero-order valence-corrected chi connectivity index (χ0v) is 12.1. The summed E-state index contributed by atoms with van der Waals surface area (Å²) < 4.78 is 11.1. The summed E-state index contributed by atoms with van der Waals surface area (Å²) in [6.07, 6.45) is 3.98. The fraction of sp³-hybridized carbons (Fsp3) is 0.400. The van der Waals surface area contributed by atoms with E-state index < -0.39 is 0 Å². The van der Waals surface area contributed by atoms with Crippen LogP contribution in [-0.4, -0.2) is 17.9 Å². The highest BCUT2D eigenvalue weighted by Gasteiger charge is 2.39. The van der Waals surface area contributed by atoms with Crippen molar-refractivity contribution < 1.29 is 9.26 Å². The molecule has 2 aromatic rings. The number of ether oxygens (including phenoxy) is 1. The van der Waals surface area contributed by atoms with Gasteiger partial charge in [-0.1, -0.05) is 28.9 Å². The van der Waals surface area contributed by atoms with E-state index in [1.807, 2.05) is 24.3 Å². The van der Waals surface area contributed by atoms with Gasteiger partial charge in [0, 0.05) is 18.6 Å². The summed E-state index contributed by atoms with van der Waals surface area (Å²) in [6, 6.07) is 7.52. The molecule has 1 aromatic heterocycles. The zero-order valence-electron chi connectivity index (χ0n) is 11.4. The number of nitrogen functional groups attached to an aromatic ring is 1. The number of rotatable bonds is 4. The first-order chi connectivity index (χ1) is 9.63. The maximum Gasteiger partial charge on any atom is 0.175 e. The maximum atomic E-state index is 5.95. The Kier molecular flexibility index (Phi) is 3.44. The number of methoxy groups -OCH3 is 1. The molecule has 0 amide bonds. The Labute approximate surface area is 122 Å². The van der Waals surface area contributed by atoms with Crippen molar-refractivity contribution in [2.45, 2.75) is 31.3 Å². The van der Waals surface area contributed by atoms with E-state index in [4.69, 9.17) is 26.6 Å². The van der Waals surface area contributed by atoms with E-state index in [-0.39, 0.29) is 5.60 Å². The van der Waals surface area contributed by atoms with Gasteiger partial charge in [-0.25, -0.2) is 0 Å². The standard InChI is InChI=1S/C15H17ClN2O2/c1-19-15(7-2-8-15)9-12-13(14(17)18-20-12)10-3-5-11(16)6-4-10/h3-6H,2,7-9H2,1H3,(H2,17,18). The molecule has 0 bridgehead atoms. The Hall–Kier alpha value is -1.52. The van der Waals surface area contributed by atoms with Gasteiger partial charge >= 0.3 is 0 Å². The predicted octanol–water partition coefficient (Wildman–Crippen LogP) is 3.69. The molecule has 3 rings (SSSR count). The molecule has 0 atom stereocenters. The lowest BCUT2D eigenvalue weighted by atomic mass is 9.76. The largest absolute Gasteiger partial charge is 0.380 e. The van der Waals surface area contributed by atoms with Gasteiger partial charge in [-0.05, 0) is 37.0 Å². The highest BCUT2D eigenvalue weighted by molar-refractivity contribution is 6.30. The van der Waals surface area contributed by atoms with Gasteiger partial charge in [0.25, 0.3) is 0 Å². The van der Waals surface area contributed by atoms with Crippen molar-refractivity contribution in [3.05, 3.63) is 35.0 Å². The number of hydrogen-bond donors (Lipinski definition) is 1. The van der Waals surface area contributed by atoms with E-state index >= 15 is 0 Å². The zero-order chi connectivity index (χ0) is 14.2. The van der Waals surface area contributed by atoms with Crippen molar-refractivity contribution in [2.24, 2.45) is 0 Å². The summed E-state index contributed by atoms with van der Waals surface area (Å²) in [7, 11) is 1.75. The normalized spacial score (nSPS) is 16.9. The van der Waals surface area contributed by atoms with Crippen molar-refractivity contribution in [1.82, 2.24) is 5.16 Å². The van der Waals surface area contributed by atoms with Crippen LogP contribution in [0.3, 0.4) is 0 Å². The van der Waals surface area contributed by atoms with Crippen LogP contribution in [0.15, 0.2) is 28.8 Å². The van der Waals surface area contributed by atoms with Crippen LogP contribution in [0.5, 0.6) is 0 Å². The average molecular weight is 293 g/mol. The van der Waals surface area contributed by atoms with Crippen molar-refractivity contribution in [3.63, 3.8) is 0 Å². The number of nitrogens with zero attached hydrogens (tertiary/aromatic N) is 1. The molecular weight excluding hydrogens is 276 g/mol. The number of aromatic nitrogens is 1. The summed E-state index contributed by atoms with van der Waals surface area (Å²) >= 11 is 5.92. The van der Waals surface area contributed by atoms with Crippen LogP contribution in [0.1, 0.15) is 25.0 Å². The Balaban J connectivity index is 1.95. The molecule has 0 radical (unpaired) electrons. The first-order valence-corrected chi connectivity index (χ1v) is 7.06. The molecule has 2 N–H and O–H groups in total. The third-order valence-electron chi connectivity index (χ3n) is 4.10. The molecule has 1 aromatic carbocycles. The van der Waals surface area contributed by atoms with E-state index in [2.05, 4.69) is 5.16 Å².